The Kier molecular flexibility index (Phi) is 5.65. The molecule has 0 heterocycles. The van der Waals surface area contributed by atoms with Gasteiger partial charge in [-0.1, -0.05) is 0 Å². The van der Waals surface area contributed by atoms with Crippen molar-refractivity contribution in [3.63, 3.8) is 0 Å². The molecular formula is C12H16F2N2O3. The highest BCUT2D eigenvalue weighted by atomic mass is 19.2. The number of benzene rings is 1. The van der Waals surface area contributed by atoms with Gasteiger partial charge in [0, 0.05) is 25.5 Å². The number of hydrogen-bond acceptors (Lipinski definition) is 4. The second-order valence-corrected chi connectivity index (χ2v) is 3.99. The van der Waals surface area contributed by atoms with E-state index in [1.807, 2.05) is 0 Å². The summed E-state index contributed by atoms with van der Waals surface area (Å²) in [4.78, 5) is 11.9. The van der Waals surface area contributed by atoms with E-state index in [0.29, 0.717) is 0 Å². The number of ether oxygens (including phenoxy) is 1. The van der Waals surface area contributed by atoms with Crippen LogP contribution in [0.4, 0.5) is 14.5 Å². The Morgan fingerprint density at radius 3 is 2.68 bits per heavy atom. The highest BCUT2D eigenvalue weighted by molar-refractivity contribution is 5.99. The SMILES string of the molecule is COCC(CCO)NC(=O)c1cc(F)c(F)cc1N. The second kappa shape index (κ2) is 7.01. The lowest BCUT2D eigenvalue weighted by Gasteiger charge is -2.17. The third-order valence-corrected chi connectivity index (χ3v) is 2.52. The van der Waals surface area contributed by atoms with Crippen LogP contribution in [0.15, 0.2) is 12.1 Å². The molecule has 106 valence electrons. The molecule has 7 heteroatoms. The lowest BCUT2D eigenvalue weighted by molar-refractivity contribution is 0.0879. The summed E-state index contributed by atoms with van der Waals surface area (Å²) in [5, 5.41) is 11.4. The number of rotatable bonds is 6. The first-order chi connectivity index (χ1) is 8.99. The lowest BCUT2D eigenvalue weighted by Crippen LogP contribution is -2.39. The van der Waals surface area contributed by atoms with Crippen molar-refractivity contribution in [3.8, 4) is 0 Å². The van der Waals surface area contributed by atoms with Crippen LogP contribution in [-0.4, -0.2) is 37.4 Å². The maximum absolute atomic E-state index is 13.1. The summed E-state index contributed by atoms with van der Waals surface area (Å²) in [5.41, 5.74) is 5.16. The van der Waals surface area contributed by atoms with Gasteiger partial charge >= 0.3 is 0 Å². The maximum atomic E-state index is 13.1. The number of hydrogen-bond donors (Lipinski definition) is 3. The molecule has 0 aliphatic rings. The predicted molar refractivity (Wildman–Crippen MR) is 65.6 cm³/mol. The Morgan fingerprint density at radius 2 is 2.11 bits per heavy atom. The number of anilines is 1. The van der Waals surface area contributed by atoms with Gasteiger partial charge < -0.3 is 20.9 Å². The Labute approximate surface area is 109 Å². The van der Waals surface area contributed by atoms with Crippen molar-refractivity contribution >= 4 is 11.6 Å². The summed E-state index contributed by atoms with van der Waals surface area (Å²) < 4.78 is 30.8. The van der Waals surface area contributed by atoms with Crippen molar-refractivity contribution in [2.75, 3.05) is 26.1 Å². The molecule has 1 amide bonds. The van der Waals surface area contributed by atoms with Crippen LogP contribution >= 0.6 is 0 Å². The zero-order valence-corrected chi connectivity index (χ0v) is 10.5. The largest absolute Gasteiger partial charge is 0.398 e. The van der Waals surface area contributed by atoms with E-state index in [1.165, 1.54) is 7.11 Å². The zero-order chi connectivity index (χ0) is 14.4. The summed E-state index contributed by atoms with van der Waals surface area (Å²) in [7, 11) is 1.45. The number of carbonyl (C=O) groups is 1. The maximum Gasteiger partial charge on any atom is 0.253 e. The number of carbonyl (C=O) groups excluding carboxylic acids is 1. The molecule has 0 spiro atoms. The van der Waals surface area contributed by atoms with Gasteiger partial charge in [-0.05, 0) is 12.5 Å². The van der Waals surface area contributed by atoms with Crippen molar-refractivity contribution in [1.82, 2.24) is 5.32 Å². The van der Waals surface area contributed by atoms with Crippen LogP contribution in [0.3, 0.4) is 0 Å². The van der Waals surface area contributed by atoms with Gasteiger partial charge in [-0.3, -0.25) is 4.79 Å². The van der Waals surface area contributed by atoms with E-state index in [4.69, 9.17) is 15.6 Å². The van der Waals surface area contributed by atoms with Crippen molar-refractivity contribution in [2.24, 2.45) is 0 Å². The first kappa shape index (κ1) is 15.3. The zero-order valence-electron chi connectivity index (χ0n) is 10.5. The van der Waals surface area contributed by atoms with Gasteiger partial charge in [-0.25, -0.2) is 8.78 Å². The van der Waals surface area contributed by atoms with Gasteiger partial charge in [-0.2, -0.15) is 0 Å². The molecule has 0 saturated heterocycles. The number of halogens is 2. The van der Waals surface area contributed by atoms with E-state index >= 15 is 0 Å². The number of nitrogens with one attached hydrogen (secondary N) is 1. The molecule has 0 radical (unpaired) electrons. The van der Waals surface area contributed by atoms with Gasteiger partial charge in [0.1, 0.15) is 0 Å². The molecule has 0 aromatic heterocycles. The summed E-state index contributed by atoms with van der Waals surface area (Å²) in [6, 6.07) is 1.06. The molecule has 0 bridgehead atoms. The molecule has 19 heavy (non-hydrogen) atoms. The molecular weight excluding hydrogens is 258 g/mol. The normalized spacial score (nSPS) is 12.2. The van der Waals surface area contributed by atoms with Crippen LogP contribution in [0.25, 0.3) is 0 Å². The van der Waals surface area contributed by atoms with Crippen LogP contribution in [0.1, 0.15) is 16.8 Å². The van der Waals surface area contributed by atoms with E-state index in [1.54, 1.807) is 0 Å². The number of methoxy groups -OCH3 is 1. The molecule has 5 nitrogen and oxygen atoms in total. The Balaban J connectivity index is 2.84. The molecule has 1 rings (SSSR count). The van der Waals surface area contributed by atoms with Crippen molar-refractivity contribution in [3.05, 3.63) is 29.3 Å². The molecule has 1 atom stereocenters. The first-order valence-electron chi connectivity index (χ1n) is 5.64. The van der Waals surface area contributed by atoms with Gasteiger partial charge in [-0.15, -0.1) is 0 Å². The van der Waals surface area contributed by atoms with Crippen LogP contribution in [0.5, 0.6) is 0 Å². The fourth-order valence-corrected chi connectivity index (χ4v) is 1.58. The highest BCUT2D eigenvalue weighted by Gasteiger charge is 2.17. The third-order valence-electron chi connectivity index (χ3n) is 2.52. The minimum Gasteiger partial charge on any atom is -0.398 e. The molecule has 0 saturated carbocycles. The topological polar surface area (TPSA) is 84.6 Å². The van der Waals surface area contributed by atoms with Crippen LogP contribution < -0.4 is 11.1 Å². The van der Waals surface area contributed by atoms with E-state index in [9.17, 15) is 13.6 Å². The Bertz CT molecular complexity index is 449. The molecule has 4 N–H and O–H groups in total. The van der Waals surface area contributed by atoms with E-state index < -0.39 is 23.6 Å². The quantitative estimate of drug-likeness (QED) is 0.666. The fourth-order valence-electron chi connectivity index (χ4n) is 1.58. The molecule has 0 fully saturated rings. The number of aliphatic hydroxyl groups excluding tert-OH is 1. The third kappa shape index (κ3) is 4.15. The summed E-state index contributed by atoms with van der Waals surface area (Å²) in [5.74, 6) is -2.91. The molecule has 0 aliphatic carbocycles. The molecule has 1 unspecified atom stereocenters. The summed E-state index contributed by atoms with van der Waals surface area (Å²) in [6.07, 6.45) is 0.281. The number of nitrogen functional groups attached to an aromatic ring is 1. The van der Waals surface area contributed by atoms with E-state index in [-0.39, 0.29) is 30.9 Å². The first-order valence-corrected chi connectivity index (χ1v) is 5.64. The number of amides is 1. The molecule has 1 aromatic rings. The van der Waals surface area contributed by atoms with Crippen molar-refractivity contribution in [2.45, 2.75) is 12.5 Å². The lowest BCUT2D eigenvalue weighted by atomic mass is 10.1. The average Bonchev–Trinajstić information content (AvgIpc) is 2.34. The monoisotopic (exact) mass is 274 g/mol. The van der Waals surface area contributed by atoms with Crippen LogP contribution in [-0.2, 0) is 4.74 Å². The summed E-state index contributed by atoms with van der Waals surface area (Å²) in [6.45, 7) is 0.0530. The smallest absolute Gasteiger partial charge is 0.253 e. The second-order valence-electron chi connectivity index (χ2n) is 3.99. The van der Waals surface area contributed by atoms with Crippen LogP contribution in [0, 0.1) is 11.6 Å². The standard InChI is InChI=1S/C12H16F2N2O3/c1-19-6-7(2-3-17)16-12(18)8-4-9(13)10(14)5-11(8)15/h4-5,7,17H,2-3,6,15H2,1H3,(H,16,18). The fraction of sp³-hybridized carbons (Fsp3) is 0.417. The minimum absolute atomic E-state index is 0.137. The Hall–Kier alpha value is -1.73. The van der Waals surface area contributed by atoms with Crippen molar-refractivity contribution < 1.29 is 23.4 Å². The predicted octanol–water partition coefficient (Wildman–Crippen LogP) is 0.674. The molecule has 0 aliphatic heterocycles. The van der Waals surface area contributed by atoms with E-state index in [2.05, 4.69) is 5.32 Å². The number of nitrogens with two attached hydrogens (primary N) is 1. The minimum atomic E-state index is -1.15. The van der Waals surface area contributed by atoms with Gasteiger partial charge in [0.2, 0.25) is 0 Å². The van der Waals surface area contributed by atoms with Gasteiger partial charge in [0.25, 0.3) is 5.91 Å². The van der Waals surface area contributed by atoms with Crippen LogP contribution in [0.2, 0.25) is 0 Å². The van der Waals surface area contributed by atoms with E-state index in [0.717, 1.165) is 12.1 Å². The highest BCUT2D eigenvalue weighted by Crippen LogP contribution is 2.17. The average molecular weight is 274 g/mol. The number of aliphatic hydroxyl groups is 1. The Morgan fingerprint density at radius 1 is 1.47 bits per heavy atom. The van der Waals surface area contributed by atoms with Crippen molar-refractivity contribution in [1.29, 1.82) is 0 Å². The van der Waals surface area contributed by atoms with Gasteiger partial charge in [0.05, 0.1) is 18.2 Å². The molecule has 1 aromatic carbocycles. The van der Waals surface area contributed by atoms with Gasteiger partial charge in [0.15, 0.2) is 11.6 Å². The summed E-state index contributed by atoms with van der Waals surface area (Å²) >= 11 is 0.